The average molecular weight is 575 g/mol. The van der Waals surface area contributed by atoms with Crippen LogP contribution in [0.4, 0.5) is 28.9 Å². The average Bonchev–Trinajstić information content (AvgIpc) is 3.66. The van der Waals surface area contributed by atoms with Crippen molar-refractivity contribution in [3.05, 3.63) is 96.1 Å². The van der Waals surface area contributed by atoms with E-state index in [0.717, 1.165) is 12.8 Å². The van der Waals surface area contributed by atoms with Gasteiger partial charge in [0, 0.05) is 0 Å². The van der Waals surface area contributed by atoms with Crippen LogP contribution in [-0.4, -0.2) is 13.1 Å². The maximum absolute atomic E-state index is 16.6. The third kappa shape index (κ3) is 5.69. The molecule has 2 aromatic rings. The molecule has 2 nitrogen and oxygen atoms in total. The molecule has 0 heterocycles. The van der Waals surface area contributed by atoms with Crippen molar-refractivity contribution >= 4 is 19.1 Å². The molecule has 7 heteroatoms. The van der Waals surface area contributed by atoms with Gasteiger partial charge in [-0.3, -0.25) is 0 Å². The van der Waals surface area contributed by atoms with E-state index in [0.29, 0.717) is 13.1 Å². The van der Waals surface area contributed by atoms with E-state index in [1.807, 2.05) is 52.0 Å². The number of benzene rings is 2. The third-order valence-electron chi connectivity index (χ3n) is 8.23. The van der Waals surface area contributed by atoms with E-state index >= 15 is 17.6 Å². The van der Waals surface area contributed by atoms with Crippen LogP contribution in [0.3, 0.4) is 0 Å². The van der Waals surface area contributed by atoms with E-state index in [2.05, 4.69) is 10.6 Å². The molecule has 2 N–H and O–H groups in total. The minimum atomic E-state index is -4.75. The summed E-state index contributed by atoms with van der Waals surface area (Å²) in [6, 6.07) is 5.26. The Balaban J connectivity index is 2.02. The van der Waals surface area contributed by atoms with Crippen LogP contribution in [0, 0.1) is 35.1 Å². The summed E-state index contributed by atoms with van der Waals surface area (Å²) in [5.41, 5.74) is 0.316. The summed E-state index contributed by atoms with van der Waals surface area (Å²) in [5, 5.41) is 6.26. The molecule has 2 unspecified atom stereocenters. The number of anilines is 2. The van der Waals surface area contributed by atoms with Gasteiger partial charge in [-0.1, -0.05) is 0 Å². The Labute approximate surface area is 233 Å². The van der Waals surface area contributed by atoms with Gasteiger partial charge in [0.25, 0.3) is 0 Å². The molecule has 2 aliphatic carbocycles. The Kier molecular flexibility index (Phi) is 9.61. The van der Waals surface area contributed by atoms with E-state index < -0.39 is 48.3 Å². The van der Waals surface area contributed by atoms with Crippen LogP contribution in [0.2, 0.25) is 8.45 Å². The van der Waals surface area contributed by atoms with Crippen molar-refractivity contribution in [1.29, 1.82) is 0 Å². The normalized spacial score (nSPS) is 16.8. The molecule has 0 saturated heterocycles. The van der Waals surface area contributed by atoms with Crippen molar-refractivity contribution in [3.8, 4) is 0 Å². The summed E-state index contributed by atoms with van der Waals surface area (Å²) in [6.45, 7) is 9.19. The maximum atomic E-state index is 16.6. The molecule has 0 amide bonds. The van der Waals surface area contributed by atoms with Crippen LogP contribution in [0.15, 0.2) is 72.9 Å². The number of hydrogen-bond acceptors (Lipinski definition) is 2. The standard InChI is InChI=1S/2C11H14F2N.2C5H5.Ti/c2*1-3-8(2)7-14-11-5-4-9(12)6-10(11)13;2*1-2-4-5-3-1;/h2*4-5,8,14H,3,7H2,1-2H3;2*1-5H;. The van der Waals surface area contributed by atoms with Crippen molar-refractivity contribution in [2.45, 2.75) is 49.0 Å². The van der Waals surface area contributed by atoms with Gasteiger partial charge in [-0.05, 0) is 0 Å². The van der Waals surface area contributed by atoms with Gasteiger partial charge in [0.15, 0.2) is 0 Å². The third-order valence-corrected chi connectivity index (χ3v) is 16.7. The molecule has 0 aromatic heterocycles. The zero-order valence-electron chi connectivity index (χ0n) is 23.1. The van der Waals surface area contributed by atoms with Crippen LogP contribution in [0.1, 0.15) is 40.5 Å². The number of nitrogens with one attached hydrogen (secondary N) is 2. The molecule has 208 valence electrons. The summed E-state index contributed by atoms with van der Waals surface area (Å²) in [5.74, 6) is -2.49. The first-order valence-corrected chi connectivity index (χ1v) is 17.3. The van der Waals surface area contributed by atoms with Crippen molar-refractivity contribution < 1.29 is 34.2 Å². The topological polar surface area (TPSA) is 24.1 Å². The number of hydrogen-bond donors (Lipinski definition) is 2. The van der Waals surface area contributed by atoms with Crippen LogP contribution >= 0.6 is 0 Å². The van der Waals surface area contributed by atoms with Crippen molar-refractivity contribution in [2.24, 2.45) is 11.8 Å². The van der Waals surface area contributed by atoms with Gasteiger partial charge in [-0.25, -0.2) is 0 Å². The minimum absolute atomic E-state index is 0.158. The van der Waals surface area contributed by atoms with Gasteiger partial charge in [-0.15, -0.1) is 0 Å². The summed E-state index contributed by atoms with van der Waals surface area (Å²) < 4.78 is 64.0. The second-order valence-corrected chi connectivity index (χ2v) is 17.2. The van der Waals surface area contributed by atoms with Crippen LogP contribution in [-0.2, 0) is 16.6 Å². The number of allylic oxidation sites excluding steroid dienone is 8. The molecule has 0 radical (unpaired) electrons. The summed E-state index contributed by atoms with van der Waals surface area (Å²) in [4.78, 5) is 0. The molecule has 2 atom stereocenters. The van der Waals surface area contributed by atoms with E-state index in [4.69, 9.17) is 0 Å². The molecule has 2 aliphatic rings. The Hall–Kier alpha value is -2.57. The number of rotatable bonds is 12. The van der Waals surface area contributed by atoms with Crippen molar-refractivity contribution in [2.75, 3.05) is 23.7 Å². The summed E-state index contributed by atoms with van der Waals surface area (Å²) in [7, 11) is 0. The van der Waals surface area contributed by atoms with Crippen LogP contribution < -0.4 is 18.4 Å². The monoisotopic (exact) mass is 574 g/mol. The Morgan fingerprint density at radius 2 is 1.00 bits per heavy atom. The Morgan fingerprint density at radius 3 is 1.33 bits per heavy atom. The molecule has 0 spiro atoms. The van der Waals surface area contributed by atoms with Gasteiger partial charge in [0.1, 0.15) is 0 Å². The fourth-order valence-electron chi connectivity index (χ4n) is 5.48. The predicted molar refractivity (Wildman–Crippen MR) is 152 cm³/mol. The van der Waals surface area contributed by atoms with Gasteiger partial charge in [-0.2, -0.15) is 0 Å². The molecule has 4 rings (SSSR count). The molecule has 2 aromatic carbocycles. The predicted octanol–water partition coefficient (Wildman–Crippen LogP) is 8.09. The van der Waals surface area contributed by atoms with Crippen LogP contribution in [0.25, 0.3) is 0 Å². The molecule has 0 fully saturated rings. The molecule has 0 aliphatic heterocycles. The summed E-state index contributed by atoms with van der Waals surface area (Å²) >= 11 is -4.75. The van der Waals surface area contributed by atoms with Gasteiger partial charge in [0.05, 0.1) is 0 Å². The van der Waals surface area contributed by atoms with Gasteiger partial charge < -0.3 is 0 Å². The summed E-state index contributed by atoms with van der Waals surface area (Å²) in [6.07, 6.45) is 16.4. The first-order valence-electron chi connectivity index (χ1n) is 13.9. The second kappa shape index (κ2) is 12.7. The number of halogens is 4. The van der Waals surface area contributed by atoms with Crippen LogP contribution in [0.5, 0.6) is 0 Å². The van der Waals surface area contributed by atoms with E-state index in [1.54, 1.807) is 24.3 Å². The van der Waals surface area contributed by atoms with Crippen molar-refractivity contribution in [1.82, 2.24) is 0 Å². The Morgan fingerprint density at radius 1 is 0.641 bits per heavy atom. The quantitative estimate of drug-likeness (QED) is 0.198. The SMILES string of the molecule is CCC(C)CNc1ccc(F)[c]([Ti]([c]2c(F)ccc(NCC(C)CC)c2F)([CH]2C=CC=C2)[CH]2C=CC=C2)c1F. The second-order valence-electron chi connectivity index (χ2n) is 10.8. The Bertz CT molecular complexity index is 1180. The van der Waals surface area contributed by atoms with E-state index in [9.17, 15) is 0 Å². The zero-order valence-corrected chi connectivity index (χ0v) is 24.6. The fourth-order valence-corrected chi connectivity index (χ4v) is 14.3. The van der Waals surface area contributed by atoms with E-state index in [1.165, 1.54) is 24.3 Å². The molecule has 0 bridgehead atoms. The van der Waals surface area contributed by atoms with Gasteiger partial charge in [0.2, 0.25) is 0 Å². The van der Waals surface area contributed by atoms with E-state index in [-0.39, 0.29) is 30.9 Å². The molecular weight excluding hydrogens is 536 g/mol. The first kappa shape index (κ1) is 29.4. The van der Waals surface area contributed by atoms with Gasteiger partial charge >= 0.3 is 234 Å². The molecule has 39 heavy (non-hydrogen) atoms. The van der Waals surface area contributed by atoms with Crippen molar-refractivity contribution in [3.63, 3.8) is 0 Å². The first-order chi connectivity index (χ1) is 18.7. The zero-order chi connectivity index (χ0) is 28.2. The molecular formula is C32H38F4N2Ti. The molecule has 0 saturated carbocycles. The fraction of sp³-hybridized carbons (Fsp3) is 0.375.